The van der Waals surface area contributed by atoms with Crippen molar-refractivity contribution in [1.29, 1.82) is 0 Å². The Morgan fingerprint density at radius 2 is 1.94 bits per heavy atom. The number of amides is 1. The van der Waals surface area contributed by atoms with Gasteiger partial charge >= 0.3 is 0 Å². The number of thiophene rings is 1. The number of aromatic nitrogens is 3. The zero-order valence-electron chi connectivity index (χ0n) is 17.0. The lowest BCUT2D eigenvalue weighted by molar-refractivity contribution is 0.0958. The first-order valence-corrected chi connectivity index (χ1v) is 10.9. The summed E-state index contributed by atoms with van der Waals surface area (Å²) < 4.78 is 0.965. The lowest BCUT2D eigenvalue weighted by atomic mass is 10.2. The number of nitrogens with one attached hydrogen (secondary N) is 3. The van der Waals surface area contributed by atoms with E-state index >= 15 is 0 Å². The van der Waals surface area contributed by atoms with Crippen molar-refractivity contribution in [2.24, 2.45) is 0 Å². The molecule has 0 aliphatic rings. The quantitative estimate of drug-likeness (QED) is 0.348. The van der Waals surface area contributed by atoms with Gasteiger partial charge in [-0.2, -0.15) is 0 Å². The van der Waals surface area contributed by atoms with Crippen LogP contribution in [0, 0.1) is 6.92 Å². The van der Waals surface area contributed by atoms with Crippen molar-refractivity contribution in [2.75, 3.05) is 11.9 Å². The molecule has 154 valence electrons. The molecule has 3 N–H and O–H groups in total. The van der Waals surface area contributed by atoms with E-state index in [1.807, 2.05) is 30.3 Å². The number of fused-ring (bicyclic) bond motifs is 2. The van der Waals surface area contributed by atoms with Crippen LogP contribution in [0.5, 0.6) is 0 Å². The second kappa shape index (κ2) is 8.20. The highest BCUT2D eigenvalue weighted by Gasteiger charge is 2.13. The molecular weight excluding hydrogens is 406 g/mol. The topological polar surface area (TPSA) is 82.7 Å². The minimum atomic E-state index is -0.0766. The molecule has 5 rings (SSSR count). The summed E-state index contributed by atoms with van der Waals surface area (Å²) in [5.74, 6) is -0.0766. The number of nitrogens with zero attached hydrogens (tertiary/aromatic N) is 2. The Kier molecular flexibility index (Phi) is 5.09. The van der Waals surface area contributed by atoms with Crippen LogP contribution in [0.25, 0.3) is 21.1 Å². The predicted molar refractivity (Wildman–Crippen MR) is 126 cm³/mol. The highest BCUT2D eigenvalue weighted by atomic mass is 32.1. The first-order chi connectivity index (χ1) is 15.2. The number of aromatic amines is 1. The highest BCUT2D eigenvalue weighted by Crippen LogP contribution is 2.33. The monoisotopic (exact) mass is 427 g/mol. The molecule has 0 unspecified atom stereocenters. The summed E-state index contributed by atoms with van der Waals surface area (Å²) in [6.45, 7) is 2.63. The predicted octanol–water partition coefficient (Wildman–Crippen LogP) is 5.20. The zero-order chi connectivity index (χ0) is 21.2. The molecule has 5 aromatic rings. The Labute approximate surface area is 183 Å². The highest BCUT2D eigenvalue weighted by molar-refractivity contribution is 7.21. The molecule has 1 aromatic carbocycles. The zero-order valence-corrected chi connectivity index (χ0v) is 17.8. The number of anilines is 2. The van der Waals surface area contributed by atoms with Crippen LogP contribution in [0.4, 0.5) is 11.4 Å². The Balaban J connectivity index is 1.33. The Bertz CT molecular complexity index is 1370. The van der Waals surface area contributed by atoms with E-state index in [0.717, 1.165) is 50.2 Å². The molecule has 0 saturated carbocycles. The molecular formula is C24H21N5OS. The third kappa shape index (κ3) is 4.13. The average molecular weight is 428 g/mol. The van der Waals surface area contributed by atoms with Crippen LogP contribution in [-0.2, 0) is 6.42 Å². The third-order valence-electron chi connectivity index (χ3n) is 5.12. The molecule has 0 aliphatic carbocycles. The molecule has 0 fully saturated rings. The van der Waals surface area contributed by atoms with Crippen molar-refractivity contribution < 1.29 is 4.79 Å². The van der Waals surface area contributed by atoms with E-state index in [0.29, 0.717) is 11.4 Å². The summed E-state index contributed by atoms with van der Waals surface area (Å²) in [6, 6.07) is 16.1. The molecule has 0 aliphatic heterocycles. The van der Waals surface area contributed by atoms with Crippen molar-refractivity contribution in [3.05, 3.63) is 83.3 Å². The summed E-state index contributed by atoms with van der Waals surface area (Å²) in [5.41, 5.74) is 6.15. The molecule has 6 nitrogen and oxygen atoms in total. The van der Waals surface area contributed by atoms with Gasteiger partial charge in [0.05, 0.1) is 20.8 Å². The fourth-order valence-electron chi connectivity index (χ4n) is 3.62. The maximum atomic E-state index is 12.7. The molecule has 4 aromatic heterocycles. The van der Waals surface area contributed by atoms with Gasteiger partial charge in [-0.3, -0.25) is 14.8 Å². The van der Waals surface area contributed by atoms with Gasteiger partial charge in [-0.05, 0) is 67.4 Å². The number of benzene rings is 1. The number of pyridine rings is 2. The number of hydrogen-bond donors (Lipinski definition) is 3. The van der Waals surface area contributed by atoms with Crippen LogP contribution < -0.4 is 10.6 Å². The van der Waals surface area contributed by atoms with E-state index in [4.69, 9.17) is 0 Å². The maximum Gasteiger partial charge on any atom is 0.261 e. The number of carbonyl (C=O) groups excluding carboxylic acids is 1. The summed E-state index contributed by atoms with van der Waals surface area (Å²) >= 11 is 1.45. The minimum Gasteiger partial charge on any atom is -0.359 e. The number of H-pyrrole nitrogens is 1. The summed E-state index contributed by atoms with van der Waals surface area (Å²) in [7, 11) is 0. The second-order valence-electron chi connectivity index (χ2n) is 7.42. The van der Waals surface area contributed by atoms with Gasteiger partial charge in [-0.15, -0.1) is 11.3 Å². The summed E-state index contributed by atoms with van der Waals surface area (Å²) in [6.07, 6.45) is 6.06. The molecule has 0 spiro atoms. The molecule has 0 atom stereocenters. The number of aryl methyl sites for hydroxylation is 1. The second-order valence-corrected chi connectivity index (χ2v) is 8.48. The van der Waals surface area contributed by atoms with Gasteiger partial charge < -0.3 is 15.6 Å². The number of carbonyl (C=O) groups is 1. The van der Waals surface area contributed by atoms with E-state index in [9.17, 15) is 4.79 Å². The van der Waals surface area contributed by atoms with E-state index in [1.54, 1.807) is 18.6 Å². The fraction of sp³-hybridized carbons (Fsp3) is 0.125. The van der Waals surface area contributed by atoms with Crippen LogP contribution in [0.3, 0.4) is 0 Å². The van der Waals surface area contributed by atoms with Crippen molar-refractivity contribution in [3.63, 3.8) is 0 Å². The molecule has 7 heteroatoms. The van der Waals surface area contributed by atoms with Crippen LogP contribution in [-0.4, -0.2) is 27.4 Å². The smallest absolute Gasteiger partial charge is 0.261 e. The Hall–Kier alpha value is -3.71. The maximum absolute atomic E-state index is 12.7. The van der Waals surface area contributed by atoms with Gasteiger partial charge in [0.1, 0.15) is 0 Å². The molecule has 0 radical (unpaired) electrons. The van der Waals surface area contributed by atoms with E-state index in [2.05, 4.69) is 50.7 Å². The summed E-state index contributed by atoms with van der Waals surface area (Å²) in [5, 5.41) is 7.64. The first-order valence-electron chi connectivity index (χ1n) is 10.1. The Morgan fingerprint density at radius 1 is 1.06 bits per heavy atom. The van der Waals surface area contributed by atoms with Gasteiger partial charge in [-0.25, -0.2) is 0 Å². The van der Waals surface area contributed by atoms with Gasteiger partial charge in [0.15, 0.2) is 0 Å². The molecule has 4 heterocycles. The van der Waals surface area contributed by atoms with Gasteiger partial charge in [-0.1, -0.05) is 0 Å². The van der Waals surface area contributed by atoms with Crippen molar-refractivity contribution >= 4 is 49.7 Å². The van der Waals surface area contributed by atoms with Crippen molar-refractivity contribution in [3.8, 4) is 0 Å². The summed E-state index contributed by atoms with van der Waals surface area (Å²) in [4.78, 5) is 25.1. The van der Waals surface area contributed by atoms with Crippen molar-refractivity contribution in [1.82, 2.24) is 20.3 Å². The van der Waals surface area contributed by atoms with E-state index in [1.165, 1.54) is 11.3 Å². The SMILES string of the molecule is Cc1cc2cc(Nc3ccnc4cc(C(=O)NCCc5ccncc5)sc34)ccc2[nH]1. The minimum absolute atomic E-state index is 0.0766. The van der Waals surface area contributed by atoms with Gasteiger partial charge in [0.2, 0.25) is 0 Å². The normalized spacial score (nSPS) is 11.1. The van der Waals surface area contributed by atoms with Crippen LogP contribution >= 0.6 is 11.3 Å². The van der Waals surface area contributed by atoms with Gasteiger partial charge in [0.25, 0.3) is 5.91 Å². The molecule has 1 amide bonds. The average Bonchev–Trinajstić information content (AvgIpc) is 3.37. The third-order valence-corrected chi connectivity index (χ3v) is 6.28. The number of hydrogen-bond acceptors (Lipinski definition) is 5. The molecule has 31 heavy (non-hydrogen) atoms. The Morgan fingerprint density at radius 3 is 2.81 bits per heavy atom. The van der Waals surface area contributed by atoms with E-state index in [-0.39, 0.29) is 5.91 Å². The van der Waals surface area contributed by atoms with Crippen LogP contribution in [0.1, 0.15) is 20.9 Å². The number of rotatable bonds is 6. The van der Waals surface area contributed by atoms with Crippen molar-refractivity contribution in [2.45, 2.75) is 13.3 Å². The fourth-order valence-corrected chi connectivity index (χ4v) is 4.62. The van der Waals surface area contributed by atoms with Gasteiger partial charge in [0, 0.05) is 47.4 Å². The molecule has 0 bridgehead atoms. The molecule has 0 saturated heterocycles. The largest absolute Gasteiger partial charge is 0.359 e. The first kappa shape index (κ1) is 19.3. The lowest BCUT2D eigenvalue weighted by Gasteiger charge is -2.07. The van der Waals surface area contributed by atoms with Crippen LogP contribution in [0.15, 0.2) is 67.1 Å². The standard InChI is InChI=1S/C24H21N5OS/c1-15-12-17-13-18(2-3-19(17)28-15)29-20-7-11-26-21-14-22(31-23(20)21)24(30)27-10-6-16-4-8-25-9-5-16/h2-5,7-9,11-14,28H,6,10H2,1H3,(H,26,29)(H,27,30). The van der Waals surface area contributed by atoms with Crippen LogP contribution in [0.2, 0.25) is 0 Å². The van der Waals surface area contributed by atoms with E-state index < -0.39 is 0 Å². The lowest BCUT2D eigenvalue weighted by Crippen LogP contribution is -2.24.